The van der Waals surface area contributed by atoms with Gasteiger partial charge in [-0.1, -0.05) is 12.1 Å². The van der Waals surface area contributed by atoms with E-state index in [1.54, 1.807) is 6.92 Å². The molecule has 0 aliphatic rings. The van der Waals surface area contributed by atoms with Gasteiger partial charge in [-0.25, -0.2) is 13.1 Å². The van der Waals surface area contributed by atoms with Gasteiger partial charge in [-0.3, -0.25) is 4.99 Å². The lowest BCUT2D eigenvalue weighted by atomic mass is 10.2. The van der Waals surface area contributed by atoms with Crippen LogP contribution in [0.5, 0.6) is 0 Å². The summed E-state index contributed by atoms with van der Waals surface area (Å²) in [5, 5.41) is 6.57. The van der Waals surface area contributed by atoms with Crippen LogP contribution in [0, 0.1) is 6.92 Å². The van der Waals surface area contributed by atoms with E-state index in [0.717, 1.165) is 32.1 Å². The van der Waals surface area contributed by atoms with Gasteiger partial charge in [0.1, 0.15) is 0 Å². The number of aliphatic imine (C=N–C) groups is 1. The van der Waals surface area contributed by atoms with Crippen LogP contribution in [-0.2, 0) is 10.0 Å². The highest BCUT2D eigenvalue weighted by molar-refractivity contribution is 7.89. The molecule has 0 unspecified atom stereocenters. The zero-order chi connectivity index (χ0) is 20.1. The Labute approximate surface area is 164 Å². The number of hydrogen-bond donors (Lipinski definition) is 3. The molecular formula is C19H35N5O2S. The van der Waals surface area contributed by atoms with Crippen LogP contribution in [0.3, 0.4) is 0 Å². The Balaban J connectivity index is 2.44. The largest absolute Gasteiger partial charge is 0.370 e. The van der Waals surface area contributed by atoms with Crippen molar-refractivity contribution in [2.24, 2.45) is 4.99 Å². The molecule has 1 aromatic carbocycles. The molecule has 154 valence electrons. The lowest BCUT2D eigenvalue weighted by Crippen LogP contribution is -2.41. The van der Waals surface area contributed by atoms with Crippen LogP contribution < -0.4 is 20.3 Å². The zero-order valence-corrected chi connectivity index (χ0v) is 17.9. The van der Waals surface area contributed by atoms with Crippen LogP contribution in [0.25, 0.3) is 0 Å². The molecule has 27 heavy (non-hydrogen) atoms. The Morgan fingerprint density at radius 2 is 1.93 bits per heavy atom. The first-order valence-electron chi connectivity index (χ1n) is 9.73. The molecule has 0 saturated heterocycles. The molecule has 0 heterocycles. The van der Waals surface area contributed by atoms with Gasteiger partial charge in [-0.2, -0.15) is 0 Å². The third-order valence-corrected chi connectivity index (χ3v) is 5.48. The fourth-order valence-electron chi connectivity index (χ4n) is 2.55. The molecule has 3 N–H and O–H groups in total. The Bertz CT molecular complexity index is 676. The molecule has 0 amide bonds. The molecule has 0 bridgehead atoms. The Kier molecular flexibility index (Phi) is 10.8. The first-order valence-corrected chi connectivity index (χ1v) is 11.4. The van der Waals surface area contributed by atoms with Gasteiger partial charge < -0.3 is 15.5 Å². The minimum atomic E-state index is -3.12. The number of benzene rings is 1. The molecule has 0 atom stereocenters. The summed E-state index contributed by atoms with van der Waals surface area (Å²) in [6.45, 7) is 12.3. The van der Waals surface area contributed by atoms with Crippen molar-refractivity contribution in [3.8, 4) is 0 Å². The maximum Gasteiger partial charge on any atom is 0.211 e. The number of anilines is 1. The topological polar surface area (TPSA) is 85.8 Å². The van der Waals surface area contributed by atoms with Crippen molar-refractivity contribution in [3.05, 3.63) is 29.8 Å². The minimum Gasteiger partial charge on any atom is -0.370 e. The van der Waals surface area contributed by atoms with Gasteiger partial charge in [0.15, 0.2) is 5.96 Å². The second kappa shape index (κ2) is 12.6. The van der Waals surface area contributed by atoms with E-state index in [4.69, 9.17) is 0 Å². The molecule has 7 nitrogen and oxygen atoms in total. The van der Waals surface area contributed by atoms with Gasteiger partial charge in [-0.05, 0) is 51.8 Å². The molecule has 0 fully saturated rings. The van der Waals surface area contributed by atoms with E-state index in [1.165, 1.54) is 11.3 Å². The maximum atomic E-state index is 11.4. The van der Waals surface area contributed by atoms with E-state index in [0.29, 0.717) is 19.5 Å². The standard InChI is InChI=1S/C19H35N5O2S/c1-5-20-19(21-12-9-13-23-27(25,26)7-3)22-14-15-24(6-2)18-11-8-10-17(4)16-18/h8,10-11,16,23H,5-7,9,12-15H2,1-4H3,(H2,20,21,22). The van der Waals surface area contributed by atoms with Gasteiger partial charge in [0, 0.05) is 45.0 Å². The van der Waals surface area contributed by atoms with Gasteiger partial charge in [0.25, 0.3) is 0 Å². The van der Waals surface area contributed by atoms with Gasteiger partial charge in [-0.15, -0.1) is 0 Å². The normalized spacial score (nSPS) is 12.1. The van der Waals surface area contributed by atoms with E-state index in [1.807, 2.05) is 6.92 Å². The van der Waals surface area contributed by atoms with E-state index >= 15 is 0 Å². The smallest absolute Gasteiger partial charge is 0.211 e. The number of nitrogens with zero attached hydrogens (tertiary/aromatic N) is 2. The lowest BCUT2D eigenvalue weighted by molar-refractivity contribution is 0.581. The number of hydrogen-bond acceptors (Lipinski definition) is 4. The van der Waals surface area contributed by atoms with Gasteiger partial charge in [0.05, 0.1) is 5.75 Å². The maximum absolute atomic E-state index is 11.4. The summed E-state index contributed by atoms with van der Waals surface area (Å²) in [4.78, 5) is 6.83. The lowest BCUT2D eigenvalue weighted by Gasteiger charge is -2.24. The molecular weight excluding hydrogens is 362 g/mol. The van der Waals surface area contributed by atoms with Crippen LogP contribution in [-0.4, -0.2) is 59.4 Å². The highest BCUT2D eigenvalue weighted by atomic mass is 32.2. The molecule has 0 aliphatic carbocycles. The van der Waals surface area contributed by atoms with Crippen LogP contribution in [0.15, 0.2) is 29.3 Å². The molecule has 1 aromatic rings. The predicted octanol–water partition coefficient (Wildman–Crippen LogP) is 1.71. The second-order valence-corrected chi connectivity index (χ2v) is 8.35. The molecule has 0 spiro atoms. The molecule has 0 radical (unpaired) electrons. The van der Waals surface area contributed by atoms with Crippen molar-refractivity contribution in [2.75, 3.05) is 49.9 Å². The first kappa shape index (κ1) is 23.2. The number of sulfonamides is 1. The highest BCUT2D eigenvalue weighted by Crippen LogP contribution is 2.14. The summed E-state index contributed by atoms with van der Waals surface area (Å²) in [6.07, 6.45) is 0.667. The van der Waals surface area contributed by atoms with Crippen molar-refractivity contribution in [1.82, 2.24) is 15.4 Å². The monoisotopic (exact) mass is 397 g/mol. The molecule has 0 saturated carbocycles. The van der Waals surface area contributed by atoms with Gasteiger partial charge in [0.2, 0.25) is 10.0 Å². The highest BCUT2D eigenvalue weighted by Gasteiger charge is 2.06. The van der Waals surface area contributed by atoms with Crippen molar-refractivity contribution in [3.63, 3.8) is 0 Å². The second-order valence-electron chi connectivity index (χ2n) is 6.26. The van der Waals surface area contributed by atoms with Crippen LogP contribution >= 0.6 is 0 Å². The fraction of sp³-hybridized carbons (Fsp3) is 0.632. The zero-order valence-electron chi connectivity index (χ0n) is 17.1. The average Bonchev–Trinajstić information content (AvgIpc) is 2.64. The van der Waals surface area contributed by atoms with Crippen LogP contribution in [0.1, 0.15) is 32.8 Å². The molecule has 0 aliphatic heterocycles. The fourth-order valence-corrected chi connectivity index (χ4v) is 3.20. The molecule has 8 heteroatoms. The summed E-state index contributed by atoms with van der Waals surface area (Å²) in [5.41, 5.74) is 2.48. The number of rotatable bonds is 12. The summed E-state index contributed by atoms with van der Waals surface area (Å²) in [5.74, 6) is 0.867. The van der Waals surface area contributed by atoms with Gasteiger partial charge >= 0.3 is 0 Å². The van der Waals surface area contributed by atoms with Crippen molar-refractivity contribution in [1.29, 1.82) is 0 Å². The van der Waals surface area contributed by atoms with Crippen molar-refractivity contribution in [2.45, 2.75) is 34.1 Å². The Morgan fingerprint density at radius 1 is 1.15 bits per heavy atom. The first-order chi connectivity index (χ1) is 12.9. The van der Waals surface area contributed by atoms with Crippen LogP contribution in [0.2, 0.25) is 0 Å². The summed E-state index contributed by atoms with van der Waals surface area (Å²) in [7, 11) is -3.12. The minimum absolute atomic E-state index is 0.106. The van der Waals surface area contributed by atoms with Crippen molar-refractivity contribution >= 4 is 21.7 Å². The third-order valence-electron chi connectivity index (χ3n) is 4.07. The predicted molar refractivity (Wildman–Crippen MR) is 115 cm³/mol. The quantitative estimate of drug-likeness (QED) is 0.284. The third kappa shape index (κ3) is 9.63. The Morgan fingerprint density at radius 3 is 2.56 bits per heavy atom. The number of guanidine groups is 1. The van der Waals surface area contributed by atoms with E-state index < -0.39 is 10.0 Å². The van der Waals surface area contributed by atoms with Crippen LogP contribution in [0.4, 0.5) is 5.69 Å². The number of likely N-dealkylation sites (N-methyl/N-ethyl adjacent to an activating group) is 1. The summed E-state index contributed by atoms with van der Waals surface area (Å²) in [6, 6.07) is 8.51. The average molecular weight is 398 g/mol. The molecule has 0 aromatic heterocycles. The van der Waals surface area contributed by atoms with E-state index in [9.17, 15) is 8.42 Å². The number of nitrogens with one attached hydrogen (secondary N) is 3. The van der Waals surface area contributed by atoms with Crippen molar-refractivity contribution < 1.29 is 8.42 Å². The van der Waals surface area contributed by atoms with E-state index in [-0.39, 0.29) is 5.75 Å². The SMILES string of the molecule is CCNC(=NCCCNS(=O)(=O)CC)NCCN(CC)c1cccc(C)c1. The van der Waals surface area contributed by atoms with E-state index in [2.05, 4.69) is 63.4 Å². The summed E-state index contributed by atoms with van der Waals surface area (Å²) >= 11 is 0. The Hall–Kier alpha value is -1.80. The summed E-state index contributed by atoms with van der Waals surface area (Å²) < 4.78 is 25.3. The molecule has 1 rings (SSSR count). The number of aryl methyl sites for hydroxylation is 1.